The molecule has 70 valence electrons. The highest BCUT2D eigenvalue weighted by Crippen LogP contribution is 2.20. The molecular weight excluding hydrogens is 254 g/mol. The predicted molar refractivity (Wildman–Crippen MR) is 55.0 cm³/mol. The Balaban J connectivity index is 2.54. The Morgan fingerprint density at radius 1 is 1.62 bits per heavy atom. The molecule has 1 rings (SSSR count). The normalized spacial score (nSPS) is 9.69. The van der Waals surface area contributed by atoms with E-state index in [-0.39, 0.29) is 18.2 Å². The van der Waals surface area contributed by atoms with Crippen molar-refractivity contribution in [2.75, 3.05) is 6.54 Å². The number of ketones is 1. The summed E-state index contributed by atoms with van der Waals surface area (Å²) in [6.07, 6.45) is 0. The number of hydrogen-bond acceptors (Lipinski definition) is 3. The highest BCUT2D eigenvalue weighted by atomic mass is 79.9. The predicted octanol–water partition coefficient (Wildman–Crippen LogP) is 1.83. The van der Waals surface area contributed by atoms with Gasteiger partial charge in [0.25, 0.3) is 5.91 Å². The number of hydrogen-bond donors (Lipinski definition) is 1. The lowest BCUT2D eigenvalue weighted by atomic mass is 10.3. The summed E-state index contributed by atoms with van der Waals surface area (Å²) < 4.78 is 0.903. The van der Waals surface area contributed by atoms with Crippen molar-refractivity contribution in [2.45, 2.75) is 6.92 Å². The molecule has 0 spiro atoms. The van der Waals surface area contributed by atoms with Crippen LogP contribution in [0.5, 0.6) is 0 Å². The first-order valence-electron chi connectivity index (χ1n) is 3.61. The van der Waals surface area contributed by atoms with Crippen molar-refractivity contribution in [1.82, 2.24) is 5.32 Å². The minimum absolute atomic E-state index is 0.0531. The van der Waals surface area contributed by atoms with Crippen molar-refractivity contribution < 1.29 is 9.59 Å². The number of halogens is 1. The maximum atomic E-state index is 11.3. The van der Waals surface area contributed by atoms with Crippen molar-refractivity contribution in [3.05, 3.63) is 20.8 Å². The van der Waals surface area contributed by atoms with Gasteiger partial charge in [-0.3, -0.25) is 9.59 Å². The Morgan fingerprint density at radius 3 is 2.77 bits per heavy atom. The van der Waals surface area contributed by atoms with Crippen molar-refractivity contribution in [3.8, 4) is 0 Å². The summed E-state index contributed by atoms with van der Waals surface area (Å²) >= 11 is 4.69. The fraction of sp³-hybridized carbons (Fsp3) is 0.250. The summed E-state index contributed by atoms with van der Waals surface area (Å²) in [6.45, 7) is 1.52. The van der Waals surface area contributed by atoms with E-state index in [9.17, 15) is 9.59 Å². The highest BCUT2D eigenvalue weighted by molar-refractivity contribution is 9.11. The zero-order valence-electron chi connectivity index (χ0n) is 6.96. The molecule has 3 nitrogen and oxygen atoms in total. The summed E-state index contributed by atoms with van der Waals surface area (Å²) in [5.41, 5.74) is 0.582. The molecule has 1 N–H and O–H groups in total. The fourth-order valence-corrected chi connectivity index (χ4v) is 1.87. The van der Waals surface area contributed by atoms with Gasteiger partial charge in [0, 0.05) is 5.38 Å². The molecule has 1 amide bonds. The Hall–Kier alpha value is -0.680. The Labute approximate surface area is 88.3 Å². The van der Waals surface area contributed by atoms with Crippen LogP contribution >= 0.6 is 27.3 Å². The molecule has 0 unspecified atom stereocenters. The van der Waals surface area contributed by atoms with Gasteiger partial charge in [0.2, 0.25) is 0 Å². The zero-order chi connectivity index (χ0) is 9.84. The van der Waals surface area contributed by atoms with Gasteiger partial charge in [0.1, 0.15) is 5.78 Å². The molecule has 0 bridgehead atoms. The van der Waals surface area contributed by atoms with E-state index in [1.807, 2.05) is 0 Å². The first kappa shape index (κ1) is 10.4. The molecule has 0 aliphatic rings. The van der Waals surface area contributed by atoms with E-state index in [4.69, 9.17) is 0 Å². The van der Waals surface area contributed by atoms with Crippen molar-refractivity contribution in [3.63, 3.8) is 0 Å². The molecule has 5 heteroatoms. The monoisotopic (exact) mass is 261 g/mol. The van der Waals surface area contributed by atoms with Crippen LogP contribution < -0.4 is 5.32 Å². The van der Waals surface area contributed by atoms with Crippen LogP contribution in [-0.2, 0) is 4.79 Å². The van der Waals surface area contributed by atoms with Gasteiger partial charge in [-0.1, -0.05) is 0 Å². The van der Waals surface area contributed by atoms with Gasteiger partial charge < -0.3 is 5.32 Å². The second-order valence-corrected chi connectivity index (χ2v) is 4.81. The number of amides is 1. The lowest BCUT2D eigenvalue weighted by Crippen LogP contribution is -2.27. The van der Waals surface area contributed by atoms with E-state index in [0.29, 0.717) is 5.56 Å². The van der Waals surface area contributed by atoms with Crippen LogP contribution in [0.1, 0.15) is 17.3 Å². The quantitative estimate of drug-likeness (QED) is 0.903. The number of Topliss-reactive ketones (excluding diaryl/α,β-unsaturated/α-hetero) is 1. The van der Waals surface area contributed by atoms with Crippen molar-refractivity contribution >= 4 is 39.0 Å². The number of thiophene rings is 1. The van der Waals surface area contributed by atoms with Crippen LogP contribution in [0.2, 0.25) is 0 Å². The third kappa shape index (κ3) is 3.28. The lowest BCUT2D eigenvalue weighted by molar-refractivity contribution is -0.116. The van der Waals surface area contributed by atoms with Gasteiger partial charge in [0.05, 0.1) is 15.9 Å². The van der Waals surface area contributed by atoms with Crippen LogP contribution in [0.25, 0.3) is 0 Å². The van der Waals surface area contributed by atoms with E-state index in [1.54, 1.807) is 11.4 Å². The van der Waals surface area contributed by atoms with Gasteiger partial charge in [-0.25, -0.2) is 0 Å². The van der Waals surface area contributed by atoms with Crippen LogP contribution in [-0.4, -0.2) is 18.2 Å². The largest absolute Gasteiger partial charge is 0.345 e. The average molecular weight is 262 g/mol. The lowest BCUT2D eigenvalue weighted by Gasteiger charge is -1.98. The second kappa shape index (κ2) is 4.53. The molecule has 0 aliphatic heterocycles. The molecule has 13 heavy (non-hydrogen) atoms. The van der Waals surface area contributed by atoms with Crippen LogP contribution in [0.3, 0.4) is 0 Å². The van der Waals surface area contributed by atoms with E-state index in [2.05, 4.69) is 21.2 Å². The minimum Gasteiger partial charge on any atom is -0.345 e. The van der Waals surface area contributed by atoms with Gasteiger partial charge >= 0.3 is 0 Å². The Morgan fingerprint density at radius 2 is 2.31 bits per heavy atom. The molecule has 0 saturated heterocycles. The van der Waals surface area contributed by atoms with Crippen LogP contribution in [0.4, 0.5) is 0 Å². The highest BCUT2D eigenvalue weighted by Gasteiger charge is 2.07. The molecule has 0 fully saturated rings. The Bertz CT molecular complexity index is 335. The van der Waals surface area contributed by atoms with Crippen molar-refractivity contribution in [1.29, 1.82) is 0 Å². The zero-order valence-corrected chi connectivity index (χ0v) is 9.37. The topological polar surface area (TPSA) is 46.2 Å². The minimum atomic E-state index is -0.211. The van der Waals surface area contributed by atoms with Gasteiger partial charge in [-0.2, -0.15) is 0 Å². The molecule has 1 aromatic heterocycles. The summed E-state index contributed by atoms with van der Waals surface area (Å²) in [5.74, 6) is -0.264. The molecule has 0 aromatic carbocycles. The van der Waals surface area contributed by atoms with E-state index < -0.39 is 0 Å². The van der Waals surface area contributed by atoms with Gasteiger partial charge in [-0.15, -0.1) is 11.3 Å². The third-order valence-electron chi connectivity index (χ3n) is 1.33. The maximum absolute atomic E-state index is 11.3. The average Bonchev–Trinajstić information content (AvgIpc) is 2.47. The molecule has 1 aromatic rings. The van der Waals surface area contributed by atoms with Gasteiger partial charge in [-0.05, 0) is 28.9 Å². The molecule has 0 saturated carbocycles. The molecule has 0 aliphatic carbocycles. The summed E-state index contributed by atoms with van der Waals surface area (Å²) in [6, 6.07) is 1.72. The van der Waals surface area contributed by atoms with Crippen LogP contribution in [0, 0.1) is 0 Å². The number of nitrogens with one attached hydrogen (secondary N) is 1. The molecule has 0 radical (unpaired) electrons. The number of carbonyl (C=O) groups excluding carboxylic acids is 2. The first-order valence-corrected chi connectivity index (χ1v) is 5.28. The van der Waals surface area contributed by atoms with Gasteiger partial charge in [0.15, 0.2) is 0 Å². The maximum Gasteiger partial charge on any atom is 0.252 e. The second-order valence-electron chi connectivity index (χ2n) is 2.52. The summed E-state index contributed by atoms with van der Waals surface area (Å²) in [5, 5.41) is 4.24. The number of carbonyl (C=O) groups is 2. The number of rotatable bonds is 3. The third-order valence-corrected chi connectivity index (χ3v) is 2.83. The standard InChI is InChI=1S/C8H8BrNO2S/c1-5(11)3-10-8(12)6-2-7(9)13-4-6/h2,4H,3H2,1H3,(H,10,12). The van der Waals surface area contributed by atoms with E-state index in [1.165, 1.54) is 18.3 Å². The van der Waals surface area contributed by atoms with Crippen molar-refractivity contribution in [2.24, 2.45) is 0 Å². The summed E-state index contributed by atoms with van der Waals surface area (Å²) in [7, 11) is 0. The molecule has 1 heterocycles. The van der Waals surface area contributed by atoms with E-state index >= 15 is 0 Å². The smallest absolute Gasteiger partial charge is 0.252 e. The fourth-order valence-electron chi connectivity index (χ4n) is 0.736. The summed E-state index contributed by atoms with van der Waals surface area (Å²) in [4.78, 5) is 21.8. The SMILES string of the molecule is CC(=O)CNC(=O)c1csc(Br)c1. The van der Waals surface area contributed by atoms with E-state index in [0.717, 1.165) is 3.79 Å². The Kier molecular flexibility index (Phi) is 3.62. The molecule has 0 atom stereocenters. The first-order chi connectivity index (χ1) is 6.09. The molecular formula is C8H8BrNO2S. The van der Waals surface area contributed by atoms with Crippen LogP contribution in [0.15, 0.2) is 15.2 Å².